The van der Waals surface area contributed by atoms with Crippen molar-refractivity contribution in [3.63, 3.8) is 0 Å². The predicted octanol–water partition coefficient (Wildman–Crippen LogP) is 4.17. The maximum absolute atomic E-state index is 13.4. The van der Waals surface area contributed by atoms with E-state index in [0.29, 0.717) is 37.6 Å². The number of nitrogens with one attached hydrogen (secondary N) is 2. The van der Waals surface area contributed by atoms with Gasteiger partial charge in [0.05, 0.1) is 6.54 Å². The summed E-state index contributed by atoms with van der Waals surface area (Å²) in [6, 6.07) is 13.4. The molecule has 1 aliphatic rings. The van der Waals surface area contributed by atoms with E-state index in [9.17, 15) is 9.18 Å². The smallest absolute Gasteiger partial charge is 0.222 e. The summed E-state index contributed by atoms with van der Waals surface area (Å²) in [5.41, 5.74) is 4.20. The average Bonchev–Trinajstić information content (AvgIpc) is 2.76. The van der Waals surface area contributed by atoms with Crippen molar-refractivity contribution in [2.75, 3.05) is 19.6 Å². The van der Waals surface area contributed by atoms with Crippen LogP contribution in [0.5, 0.6) is 0 Å². The van der Waals surface area contributed by atoms with Crippen LogP contribution in [0, 0.1) is 12.7 Å². The molecule has 2 aromatic carbocycles. The molecule has 0 atom stereocenters. The van der Waals surface area contributed by atoms with Crippen molar-refractivity contribution in [3.8, 4) is 0 Å². The highest BCUT2D eigenvalue weighted by Gasteiger charge is 2.19. The number of guanidine groups is 1. The molecule has 2 aromatic rings. The van der Waals surface area contributed by atoms with E-state index in [1.165, 1.54) is 17.2 Å². The van der Waals surface area contributed by atoms with Crippen molar-refractivity contribution in [3.05, 3.63) is 70.5 Å². The number of nitrogens with zero attached hydrogens (tertiary/aromatic N) is 2. The van der Waals surface area contributed by atoms with E-state index in [0.717, 1.165) is 31.5 Å². The Morgan fingerprint density at radius 2 is 1.94 bits per heavy atom. The molecule has 0 radical (unpaired) electrons. The fraction of sp³-hybridized carbons (Fsp3) is 0.417. The molecule has 0 spiro atoms. The zero-order valence-corrected chi connectivity index (χ0v) is 20.6. The molecule has 0 aromatic heterocycles. The topological polar surface area (TPSA) is 56.7 Å². The molecule has 31 heavy (non-hydrogen) atoms. The van der Waals surface area contributed by atoms with Crippen LogP contribution in [0.15, 0.2) is 47.5 Å². The number of rotatable bonds is 7. The number of benzene rings is 2. The van der Waals surface area contributed by atoms with Gasteiger partial charge in [0, 0.05) is 32.6 Å². The summed E-state index contributed by atoms with van der Waals surface area (Å²) in [6.07, 6.45) is 2.20. The fourth-order valence-corrected chi connectivity index (χ4v) is 3.63. The molecule has 1 aliphatic heterocycles. The number of hydrogen-bond donors (Lipinski definition) is 2. The van der Waals surface area contributed by atoms with Gasteiger partial charge in [-0.15, -0.1) is 24.0 Å². The zero-order valence-electron chi connectivity index (χ0n) is 18.3. The molecule has 5 nitrogen and oxygen atoms in total. The van der Waals surface area contributed by atoms with Crippen molar-refractivity contribution in [2.24, 2.45) is 4.99 Å². The van der Waals surface area contributed by atoms with Crippen LogP contribution in [0.25, 0.3) is 0 Å². The van der Waals surface area contributed by atoms with Gasteiger partial charge >= 0.3 is 0 Å². The number of aliphatic imine (C=N–C) groups is 1. The lowest BCUT2D eigenvalue weighted by Crippen LogP contribution is -2.39. The first-order valence-electron chi connectivity index (χ1n) is 10.7. The van der Waals surface area contributed by atoms with E-state index in [2.05, 4.69) is 33.8 Å². The van der Waals surface area contributed by atoms with Gasteiger partial charge in [-0.1, -0.05) is 36.4 Å². The second-order valence-electron chi connectivity index (χ2n) is 7.64. The minimum atomic E-state index is -0.199. The fourth-order valence-electron chi connectivity index (χ4n) is 3.63. The van der Waals surface area contributed by atoms with Crippen LogP contribution in [0.4, 0.5) is 4.39 Å². The molecule has 1 heterocycles. The lowest BCUT2D eigenvalue weighted by molar-refractivity contribution is -0.132. The Morgan fingerprint density at radius 3 is 2.68 bits per heavy atom. The second kappa shape index (κ2) is 12.6. The zero-order chi connectivity index (χ0) is 21.3. The highest BCUT2D eigenvalue weighted by Crippen LogP contribution is 2.19. The van der Waals surface area contributed by atoms with E-state index in [4.69, 9.17) is 0 Å². The molecule has 7 heteroatoms. The third-order valence-electron chi connectivity index (χ3n) is 5.33. The maximum atomic E-state index is 13.4. The van der Waals surface area contributed by atoms with Crippen molar-refractivity contribution < 1.29 is 9.18 Å². The first-order chi connectivity index (χ1) is 14.6. The van der Waals surface area contributed by atoms with Crippen molar-refractivity contribution in [1.82, 2.24) is 15.5 Å². The number of hydrogen-bond acceptors (Lipinski definition) is 2. The van der Waals surface area contributed by atoms with E-state index in [1.54, 1.807) is 13.0 Å². The van der Waals surface area contributed by atoms with Crippen LogP contribution >= 0.6 is 24.0 Å². The summed E-state index contributed by atoms with van der Waals surface area (Å²) < 4.78 is 13.4. The van der Waals surface area contributed by atoms with Crippen LogP contribution in [-0.2, 0) is 24.3 Å². The highest BCUT2D eigenvalue weighted by atomic mass is 127. The number of fused-ring (bicyclic) bond motifs is 1. The lowest BCUT2D eigenvalue weighted by atomic mass is 9.99. The van der Waals surface area contributed by atoms with Crippen LogP contribution in [0.2, 0.25) is 0 Å². The molecule has 0 fully saturated rings. The first kappa shape index (κ1) is 25.1. The number of halogens is 2. The summed E-state index contributed by atoms with van der Waals surface area (Å²) in [7, 11) is 0. The third-order valence-corrected chi connectivity index (χ3v) is 5.33. The van der Waals surface area contributed by atoms with Gasteiger partial charge in [-0.05, 0) is 55.0 Å². The summed E-state index contributed by atoms with van der Waals surface area (Å²) in [5, 5.41) is 6.50. The van der Waals surface area contributed by atoms with Crippen LogP contribution in [0.3, 0.4) is 0 Å². The monoisotopic (exact) mass is 538 g/mol. The van der Waals surface area contributed by atoms with Gasteiger partial charge in [-0.25, -0.2) is 9.38 Å². The highest BCUT2D eigenvalue weighted by molar-refractivity contribution is 14.0. The number of carbonyl (C=O) groups excluding carboxylic acids is 1. The molecular weight excluding hydrogens is 506 g/mol. The van der Waals surface area contributed by atoms with Gasteiger partial charge in [0.2, 0.25) is 5.91 Å². The molecule has 1 amide bonds. The Bertz CT molecular complexity index is 903. The lowest BCUT2D eigenvalue weighted by Gasteiger charge is -2.29. The first-order valence-corrected chi connectivity index (χ1v) is 10.7. The van der Waals surface area contributed by atoms with E-state index in [-0.39, 0.29) is 35.7 Å². The van der Waals surface area contributed by atoms with Crippen LogP contribution in [0.1, 0.15) is 42.0 Å². The molecule has 0 saturated carbocycles. The van der Waals surface area contributed by atoms with Crippen molar-refractivity contribution in [1.29, 1.82) is 0 Å². The molecule has 0 aliphatic carbocycles. The normalized spacial score (nSPS) is 13.3. The predicted molar refractivity (Wildman–Crippen MR) is 134 cm³/mol. The molecule has 0 unspecified atom stereocenters. The molecule has 0 bridgehead atoms. The average molecular weight is 538 g/mol. The van der Waals surface area contributed by atoms with E-state index in [1.807, 2.05) is 24.0 Å². The Hall–Kier alpha value is -2.16. The molecular formula is C24H32FIN4O. The summed E-state index contributed by atoms with van der Waals surface area (Å²) in [6.45, 7) is 7.17. The van der Waals surface area contributed by atoms with Gasteiger partial charge in [0.25, 0.3) is 0 Å². The second-order valence-corrected chi connectivity index (χ2v) is 7.64. The quantitative estimate of drug-likeness (QED) is 0.241. The van der Waals surface area contributed by atoms with Gasteiger partial charge < -0.3 is 15.5 Å². The van der Waals surface area contributed by atoms with Gasteiger partial charge in [0.1, 0.15) is 5.82 Å². The van der Waals surface area contributed by atoms with Crippen LogP contribution in [-0.4, -0.2) is 36.4 Å². The van der Waals surface area contributed by atoms with Gasteiger partial charge in [-0.2, -0.15) is 0 Å². The van der Waals surface area contributed by atoms with Gasteiger partial charge in [0.15, 0.2) is 5.96 Å². The Balaban J connectivity index is 0.00000341. The number of amides is 1. The Kier molecular flexibility index (Phi) is 10.2. The maximum Gasteiger partial charge on any atom is 0.222 e. The standard InChI is InChI=1S/C24H31FN4O.HI/c1-3-26-24(28-16-19-10-11-22(25)18(2)15-19)27-13-6-9-23(30)29-14-12-20-7-4-5-8-21(20)17-29;/h4-5,7-8,10-11,15H,3,6,9,12-14,16-17H2,1-2H3,(H2,26,27,28);1H. The molecule has 2 N–H and O–H groups in total. The van der Waals surface area contributed by atoms with Crippen LogP contribution < -0.4 is 10.6 Å². The van der Waals surface area contributed by atoms with Gasteiger partial charge in [-0.3, -0.25) is 4.79 Å². The molecule has 0 saturated heterocycles. The Morgan fingerprint density at radius 1 is 1.16 bits per heavy atom. The van der Waals surface area contributed by atoms with E-state index >= 15 is 0 Å². The molecule has 3 rings (SSSR count). The minimum absolute atomic E-state index is 0. The van der Waals surface area contributed by atoms with Crippen molar-refractivity contribution >= 4 is 35.8 Å². The summed E-state index contributed by atoms with van der Waals surface area (Å²) in [5.74, 6) is 0.712. The summed E-state index contributed by atoms with van der Waals surface area (Å²) >= 11 is 0. The van der Waals surface area contributed by atoms with Crippen molar-refractivity contribution in [2.45, 2.75) is 46.2 Å². The summed E-state index contributed by atoms with van der Waals surface area (Å²) in [4.78, 5) is 19.1. The number of carbonyl (C=O) groups is 1. The molecule has 168 valence electrons. The largest absolute Gasteiger partial charge is 0.357 e. The minimum Gasteiger partial charge on any atom is -0.357 e. The Labute approximate surface area is 201 Å². The number of aryl methyl sites for hydroxylation is 1. The third kappa shape index (κ3) is 7.48. The van der Waals surface area contributed by atoms with E-state index < -0.39 is 0 Å². The SMILES string of the molecule is CCNC(=NCc1ccc(F)c(C)c1)NCCCC(=O)N1CCc2ccccc2C1.I.